The maximum Gasteiger partial charge on any atom is 0.412 e. The number of anilines is 2. The molecule has 64 heavy (non-hydrogen) atoms. The van der Waals surface area contributed by atoms with Crippen molar-refractivity contribution in [2.45, 2.75) is 110 Å². The highest BCUT2D eigenvalue weighted by Gasteiger charge is 2.45. The lowest BCUT2D eigenvalue weighted by Crippen LogP contribution is -2.57. The van der Waals surface area contributed by atoms with E-state index in [1.54, 1.807) is 31.7 Å². The number of amides is 2. The molecule has 3 aliphatic rings. The van der Waals surface area contributed by atoms with Crippen molar-refractivity contribution in [1.29, 1.82) is 5.26 Å². The number of aliphatic carboxylic acids is 1. The molecule has 0 aliphatic carbocycles. The first-order chi connectivity index (χ1) is 30.3. The zero-order valence-corrected chi connectivity index (χ0v) is 38.9. The summed E-state index contributed by atoms with van der Waals surface area (Å²) in [5, 5.41) is 21.5. The molecule has 0 saturated carbocycles. The Kier molecular flexibility index (Phi) is 15.4. The number of aromatic nitrogens is 2. The summed E-state index contributed by atoms with van der Waals surface area (Å²) in [6.45, 7) is 16.3. The van der Waals surface area contributed by atoms with Crippen molar-refractivity contribution in [3.63, 3.8) is 0 Å². The summed E-state index contributed by atoms with van der Waals surface area (Å²) in [4.78, 5) is 51.0. The topological polar surface area (TPSA) is 180 Å². The number of methoxy groups -OCH3 is 1. The first kappa shape index (κ1) is 48.4. The summed E-state index contributed by atoms with van der Waals surface area (Å²) < 4.78 is 53.8. The van der Waals surface area contributed by atoms with E-state index in [1.165, 1.54) is 39.1 Å². The Morgan fingerprint density at radius 2 is 1.66 bits per heavy atom. The fourth-order valence-corrected chi connectivity index (χ4v) is 9.58. The normalized spacial score (nSPS) is 17.6. The SMILES string of the molecule is COc1nc(N2CC3CCC(C2)N3C(=O)OC(C)(C)C)c2cc(Cl)c(-c3ccc(F)c4sc(NC(=O)OC(C)(C)C)c(C#N)c34)c(F)c2n1.O=C(O)CCCOCCCN1CCCC1. The van der Waals surface area contributed by atoms with Gasteiger partial charge in [0, 0.05) is 55.6 Å². The number of carbonyl (C=O) groups is 3. The summed E-state index contributed by atoms with van der Waals surface area (Å²) in [6, 6.07) is 5.67. The van der Waals surface area contributed by atoms with Crippen LogP contribution < -0.4 is 15.0 Å². The van der Waals surface area contributed by atoms with Crippen molar-refractivity contribution in [3.05, 3.63) is 40.4 Å². The number of ether oxygens (including phenoxy) is 4. The number of nitriles is 1. The molecule has 19 heteroatoms. The maximum atomic E-state index is 16.9. The molecule has 3 aliphatic heterocycles. The molecule has 2 N–H and O–H groups in total. The molecule has 3 fully saturated rings. The number of nitrogens with zero attached hydrogens (tertiary/aromatic N) is 6. The fourth-order valence-electron chi connectivity index (χ4n) is 8.22. The highest BCUT2D eigenvalue weighted by atomic mass is 35.5. The van der Waals surface area contributed by atoms with Crippen LogP contribution in [-0.2, 0) is 19.0 Å². The van der Waals surface area contributed by atoms with Gasteiger partial charge in [-0.15, -0.1) is 11.3 Å². The average Bonchev–Trinajstić information content (AvgIpc) is 3.93. The van der Waals surface area contributed by atoms with Gasteiger partial charge in [-0.25, -0.2) is 18.4 Å². The van der Waals surface area contributed by atoms with Crippen LogP contribution in [-0.4, -0.2) is 119 Å². The van der Waals surface area contributed by atoms with Crippen LogP contribution in [0.4, 0.5) is 29.2 Å². The van der Waals surface area contributed by atoms with Crippen molar-refractivity contribution in [1.82, 2.24) is 19.8 Å². The Labute approximate surface area is 380 Å². The predicted octanol–water partition coefficient (Wildman–Crippen LogP) is 9.61. The molecular formula is C45H56ClF2N7O8S. The number of benzene rings is 2. The van der Waals surface area contributed by atoms with Gasteiger partial charge in [0.15, 0.2) is 5.82 Å². The second-order valence-electron chi connectivity index (χ2n) is 18.0. The summed E-state index contributed by atoms with van der Waals surface area (Å²) in [5.74, 6) is -1.85. The third-order valence-corrected chi connectivity index (χ3v) is 12.3. The van der Waals surface area contributed by atoms with Gasteiger partial charge >= 0.3 is 24.2 Å². The molecule has 4 aromatic rings. The fraction of sp³-hybridized carbons (Fsp3) is 0.556. The Balaban J connectivity index is 0.000000385. The molecule has 0 spiro atoms. The quantitative estimate of drug-likeness (QED) is 0.128. The number of hydrogen-bond acceptors (Lipinski definition) is 13. The van der Waals surface area contributed by atoms with E-state index in [9.17, 15) is 19.6 Å². The Hall–Kier alpha value is -5.09. The lowest BCUT2D eigenvalue weighted by molar-refractivity contribution is -0.137. The third-order valence-electron chi connectivity index (χ3n) is 10.8. The average molecular weight is 928 g/mol. The number of piperazine rings is 1. The van der Waals surface area contributed by atoms with Gasteiger partial charge < -0.3 is 33.9 Å². The summed E-state index contributed by atoms with van der Waals surface area (Å²) in [5.41, 5.74) is -1.61. The molecule has 2 unspecified atom stereocenters. The van der Waals surface area contributed by atoms with Crippen LogP contribution in [0.3, 0.4) is 0 Å². The van der Waals surface area contributed by atoms with Crippen molar-refractivity contribution < 1.29 is 47.2 Å². The van der Waals surface area contributed by atoms with E-state index < -0.39 is 34.9 Å². The van der Waals surface area contributed by atoms with Gasteiger partial charge in [0.2, 0.25) is 0 Å². The standard InChI is InChI=1S/C34H35ClF2N6O5S.C11H21NO3/c1-33(2,3)47-31(44)41-29-20(13-38)23-18(10-11-22(36)27(23)49-29)24-21(35)12-19-26(25(24)37)39-30(46-7)40-28(19)42-14-16-8-9-17(15-42)43(16)32(45)48-34(4,5)6;13-11(14)5-3-9-15-10-4-8-12-6-1-2-7-12/h10-12,16-17H,8-9,14-15H2,1-7H3,(H,41,44);1-10H2,(H,13,14). The third kappa shape index (κ3) is 11.6. The number of halogens is 3. The smallest absolute Gasteiger partial charge is 0.412 e. The van der Waals surface area contributed by atoms with Gasteiger partial charge in [-0.1, -0.05) is 17.7 Å². The van der Waals surface area contributed by atoms with Crippen LogP contribution in [0.5, 0.6) is 6.01 Å². The van der Waals surface area contributed by atoms with Gasteiger partial charge in [0.1, 0.15) is 39.4 Å². The first-order valence-electron chi connectivity index (χ1n) is 21.5. The van der Waals surface area contributed by atoms with Crippen LogP contribution in [0.2, 0.25) is 5.02 Å². The van der Waals surface area contributed by atoms with Crippen LogP contribution in [0.25, 0.3) is 32.1 Å². The van der Waals surface area contributed by atoms with E-state index in [4.69, 9.17) is 35.7 Å². The van der Waals surface area contributed by atoms with Crippen LogP contribution >= 0.6 is 22.9 Å². The summed E-state index contributed by atoms with van der Waals surface area (Å²) in [7, 11) is 1.37. The van der Waals surface area contributed by atoms with Gasteiger partial charge in [0.05, 0.1) is 34.5 Å². The van der Waals surface area contributed by atoms with Crippen LogP contribution in [0.15, 0.2) is 18.2 Å². The number of rotatable bonds is 12. The van der Waals surface area contributed by atoms with Crippen molar-refractivity contribution in [3.8, 4) is 23.2 Å². The predicted molar refractivity (Wildman–Crippen MR) is 241 cm³/mol. The molecule has 15 nitrogen and oxygen atoms in total. The first-order valence-corrected chi connectivity index (χ1v) is 22.6. The molecule has 346 valence electrons. The lowest BCUT2D eigenvalue weighted by atomic mass is 9.97. The van der Waals surface area contributed by atoms with Crippen LogP contribution in [0.1, 0.15) is 92.1 Å². The van der Waals surface area contributed by atoms with Gasteiger partial charge in [-0.3, -0.25) is 15.0 Å². The Bertz CT molecular complexity index is 2400. The van der Waals surface area contributed by atoms with Gasteiger partial charge in [0.25, 0.3) is 0 Å². The van der Waals surface area contributed by atoms with Crippen LogP contribution in [0, 0.1) is 23.0 Å². The number of carboxylic acid groups (broad SMARTS) is 1. The molecule has 2 bridgehead atoms. The molecule has 2 aromatic heterocycles. The summed E-state index contributed by atoms with van der Waals surface area (Å²) >= 11 is 7.67. The van der Waals surface area contributed by atoms with E-state index in [1.807, 2.05) is 31.7 Å². The molecule has 2 aromatic carbocycles. The molecule has 5 heterocycles. The zero-order valence-electron chi connectivity index (χ0n) is 37.3. The Morgan fingerprint density at radius 1 is 1.00 bits per heavy atom. The minimum Gasteiger partial charge on any atom is -0.481 e. The number of hydrogen-bond donors (Lipinski definition) is 2. The molecule has 2 amide bonds. The molecule has 3 saturated heterocycles. The zero-order chi connectivity index (χ0) is 46.5. The number of carboxylic acids is 1. The van der Waals surface area contributed by atoms with E-state index in [-0.39, 0.29) is 72.9 Å². The number of thiophene rings is 1. The molecular weight excluding hydrogens is 872 g/mol. The van der Waals surface area contributed by atoms with E-state index >= 15 is 8.78 Å². The molecule has 2 atom stereocenters. The highest BCUT2D eigenvalue weighted by molar-refractivity contribution is 7.23. The lowest BCUT2D eigenvalue weighted by Gasteiger charge is -2.42. The van der Waals surface area contributed by atoms with Crippen molar-refractivity contribution in [2.24, 2.45) is 0 Å². The minimum absolute atomic E-state index is 0.0231. The second-order valence-corrected chi connectivity index (χ2v) is 19.4. The number of carbonyl (C=O) groups excluding carboxylic acids is 2. The molecule has 7 rings (SSSR count). The largest absolute Gasteiger partial charge is 0.481 e. The molecule has 0 radical (unpaired) electrons. The van der Waals surface area contributed by atoms with Crippen molar-refractivity contribution >= 4 is 72.9 Å². The van der Waals surface area contributed by atoms with Gasteiger partial charge in [-0.2, -0.15) is 15.2 Å². The monoisotopic (exact) mass is 927 g/mol. The minimum atomic E-state index is -0.830. The summed E-state index contributed by atoms with van der Waals surface area (Å²) in [6.07, 6.45) is 4.91. The van der Waals surface area contributed by atoms with E-state index in [0.717, 1.165) is 49.8 Å². The Morgan fingerprint density at radius 3 is 2.27 bits per heavy atom. The number of nitrogens with one attached hydrogen (secondary N) is 1. The maximum absolute atomic E-state index is 16.9. The van der Waals surface area contributed by atoms with E-state index in [2.05, 4.69) is 20.2 Å². The highest BCUT2D eigenvalue weighted by Crippen LogP contribution is 2.47. The van der Waals surface area contributed by atoms with E-state index in [0.29, 0.717) is 37.3 Å². The van der Waals surface area contributed by atoms with Gasteiger partial charge in [-0.05, 0) is 111 Å². The van der Waals surface area contributed by atoms with Crippen molar-refractivity contribution in [2.75, 3.05) is 63.3 Å². The number of fused-ring (bicyclic) bond motifs is 4. The second kappa shape index (κ2) is 20.4. The number of likely N-dealkylation sites (tertiary alicyclic amines) is 1.